The van der Waals surface area contributed by atoms with Crippen LogP contribution in [0, 0.1) is 0 Å². The average Bonchev–Trinajstić information content (AvgIpc) is 3.17. The maximum absolute atomic E-state index is 12.9. The van der Waals surface area contributed by atoms with Crippen molar-refractivity contribution >= 4 is 27.7 Å². The Bertz CT molecular complexity index is 1120. The Hall–Kier alpha value is -2.93. The molecule has 0 amide bonds. The molecule has 0 saturated heterocycles. The van der Waals surface area contributed by atoms with Crippen LogP contribution in [0.2, 0.25) is 0 Å². The van der Waals surface area contributed by atoms with Crippen LogP contribution in [0.15, 0.2) is 64.3 Å². The zero-order valence-electron chi connectivity index (χ0n) is 15.9. The first kappa shape index (κ1) is 18.1. The van der Waals surface area contributed by atoms with Crippen molar-refractivity contribution in [3.8, 4) is 17.1 Å². The number of hydrogen-bond donors (Lipinski definition) is 1. The molecule has 3 aromatic rings. The molecule has 0 saturated carbocycles. The molecule has 146 valence electrons. The van der Waals surface area contributed by atoms with Crippen molar-refractivity contribution in [3.63, 3.8) is 0 Å². The van der Waals surface area contributed by atoms with Gasteiger partial charge in [0.1, 0.15) is 11.8 Å². The Labute approximate surface area is 176 Å². The highest BCUT2D eigenvalue weighted by Gasteiger charge is 2.36. The highest BCUT2D eigenvalue weighted by atomic mass is 79.9. The summed E-state index contributed by atoms with van der Waals surface area (Å²) in [7, 11) is 1.64. The monoisotopic (exact) mass is 450 g/mol. The fraction of sp³-hybridized carbons (Fsp3) is 0.227. The number of halogens is 1. The van der Waals surface area contributed by atoms with Gasteiger partial charge in [0.25, 0.3) is 0 Å². The van der Waals surface area contributed by atoms with Gasteiger partial charge in [0.2, 0.25) is 5.95 Å². The Balaban J connectivity index is 1.63. The molecule has 1 unspecified atom stereocenters. The van der Waals surface area contributed by atoms with Crippen LogP contribution in [0.1, 0.15) is 30.9 Å². The maximum Gasteiger partial charge on any atom is 0.226 e. The predicted molar refractivity (Wildman–Crippen MR) is 114 cm³/mol. The van der Waals surface area contributed by atoms with Gasteiger partial charge < -0.3 is 10.1 Å². The molecule has 29 heavy (non-hydrogen) atoms. The minimum atomic E-state index is -0.276. The molecular weight excluding hydrogens is 432 g/mol. The lowest BCUT2D eigenvalue weighted by Gasteiger charge is -2.32. The molecule has 1 aromatic heterocycles. The van der Waals surface area contributed by atoms with Gasteiger partial charge in [-0.3, -0.25) is 4.79 Å². The lowest BCUT2D eigenvalue weighted by molar-refractivity contribution is -0.116. The number of carbonyl (C=O) groups is 1. The number of methoxy groups -OCH3 is 1. The number of ether oxygens (including phenoxy) is 1. The Kier molecular flexibility index (Phi) is 4.47. The van der Waals surface area contributed by atoms with E-state index in [1.54, 1.807) is 7.11 Å². The van der Waals surface area contributed by atoms with Gasteiger partial charge in [-0.15, -0.1) is 5.10 Å². The van der Waals surface area contributed by atoms with Gasteiger partial charge >= 0.3 is 0 Å². The molecule has 2 heterocycles. The second-order valence-corrected chi connectivity index (χ2v) is 8.10. The number of anilines is 1. The number of ketones is 1. The van der Waals surface area contributed by atoms with E-state index in [1.807, 2.05) is 53.2 Å². The molecule has 7 heteroatoms. The number of nitrogens with zero attached hydrogens (tertiary/aromatic N) is 3. The minimum Gasteiger partial charge on any atom is -0.497 e. The number of rotatable bonds is 3. The van der Waals surface area contributed by atoms with Gasteiger partial charge in [0.15, 0.2) is 11.6 Å². The molecule has 1 aliphatic heterocycles. The first-order valence-corrected chi connectivity index (χ1v) is 10.3. The van der Waals surface area contributed by atoms with Gasteiger partial charge in [-0.05, 0) is 54.8 Å². The smallest absolute Gasteiger partial charge is 0.226 e. The molecule has 2 aromatic carbocycles. The summed E-state index contributed by atoms with van der Waals surface area (Å²) < 4.78 is 8.08. The van der Waals surface area contributed by atoms with Crippen LogP contribution in [-0.4, -0.2) is 27.7 Å². The zero-order chi connectivity index (χ0) is 20.0. The highest BCUT2D eigenvalue weighted by molar-refractivity contribution is 9.10. The fourth-order valence-corrected chi connectivity index (χ4v) is 4.24. The highest BCUT2D eigenvalue weighted by Crippen LogP contribution is 2.40. The van der Waals surface area contributed by atoms with Crippen molar-refractivity contribution in [1.82, 2.24) is 14.8 Å². The number of allylic oxidation sites excluding steroid dienone is 2. The average molecular weight is 451 g/mol. The molecule has 2 aliphatic rings. The van der Waals surface area contributed by atoms with E-state index in [-0.39, 0.29) is 11.8 Å². The van der Waals surface area contributed by atoms with E-state index in [9.17, 15) is 4.79 Å². The first-order valence-electron chi connectivity index (χ1n) is 9.54. The molecule has 0 radical (unpaired) electrons. The van der Waals surface area contributed by atoms with Gasteiger partial charge in [-0.1, -0.05) is 28.1 Å². The lowest BCUT2D eigenvalue weighted by atomic mass is 9.85. The third-order valence-electron chi connectivity index (χ3n) is 5.40. The topological polar surface area (TPSA) is 69.0 Å². The lowest BCUT2D eigenvalue weighted by Crippen LogP contribution is -2.31. The molecule has 0 bridgehead atoms. The maximum atomic E-state index is 12.9. The number of hydrogen-bond acceptors (Lipinski definition) is 5. The summed E-state index contributed by atoms with van der Waals surface area (Å²) in [4.78, 5) is 17.6. The third kappa shape index (κ3) is 3.15. The van der Waals surface area contributed by atoms with E-state index in [2.05, 4.69) is 21.2 Å². The van der Waals surface area contributed by atoms with Crippen LogP contribution in [0.25, 0.3) is 11.4 Å². The molecule has 1 N–H and O–H groups in total. The zero-order valence-corrected chi connectivity index (χ0v) is 17.4. The Morgan fingerprint density at radius 1 is 1.10 bits per heavy atom. The summed E-state index contributed by atoms with van der Waals surface area (Å²) in [5.41, 5.74) is 3.69. The summed E-state index contributed by atoms with van der Waals surface area (Å²) in [6, 6.07) is 15.4. The van der Waals surface area contributed by atoms with Gasteiger partial charge in [-0.25, -0.2) is 4.68 Å². The van der Waals surface area contributed by atoms with Crippen LogP contribution in [0.3, 0.4) is 0 Å². The summed E-state index contributed by atoms with van der Waals surface area (Å²) in [5, 5.41) is 8.15. The fourth-order valence-electron chi connectivity index (χ4n) is 3.97. The van der Waals surface area contributed by atoms with Gasteiger partial charge in [0.05, 0.1) is 7.11 Å². The van der Waals surface area contributed by atoms with E-state index in [0.29, 0.717) is 18.2 Å². The largest absolute Gasteiger partial charge is 0.497 e. The molecule has 1 atom stereocenters. The molecule has 0 spiro atoms. The molecule has 5 rings (SSSR count). The van der Waals surface area contributed by atoms with Crippen LogP contribution < -0.4 is 10.1 Å². The number of benzene rings is 2. The second-order valence-electron chi connectivity index (χ2n) is 7.18. The van der Waals surface area contributed by atoms with Gasteiger partial charge in [-0.2, -0.15) is 4.98 Å². The number of nitrogens with one attached hydrogen (secondary N) is 1. The van der Waals surface area contributed by atoms with Crippen LogP contribution in [0.4, 0.5) is 5.95 Å². The van der Waals surface area contributed by atoms with Crippen LogP contribution in [-0.2, 0) is 4.79 Å². The van der Waals surface area contributed by atoms with E-state index in [4.69, 9.17) is 14.8 Å². The SMILES string of the molecule is COc1ccc(-c2nc3n(n2)C(c2ccc(Br)cc2)C2=C(CCCC2=O)N3)cc1. The van der Waals surface area contributed by atoms with Crippen molar-refractivity contribution in [3.05, 3.63) is 69.8 Å². The quantitative estimate of drug-likeness (QED) is 0.623. The molecule has 1 aliphatic carbocycles. The van der Waals surface area contributed by atoms with Crippen molar-refractivity contribution in [2.24, 2.45) is 0 Å². The molecule has 0 fully saturated rings. The van der Waals surface area contributed by atoms with E-state index in [0.717, 1.165) is 45.5 Å². The number of carbonyl (C=O) groups excluding carboxylic acids is 1. The van der Waals surface area contributed by atoms with Crippen LogP contribution >= 0.6 is 15.9 Å². The normalized spacial score (nSPS) is 18.1. The predicted octanol–water partition coefficient (Wildman–Crippen LogP) is 4.74. The Morgan fingerprint density at radius 2 is 1.86 bits per heavy atom. The number of fused-ring (bicyclic) bond motifs is 1. The molecule has 6 nitrogen and oxygen atoms in total. The van der Waals surface area contributed by atoms with Crippen molar-refractivity contribution < 1.29 is 9.53 Å². The second kappa shape index (κ2) is 7.15. The van der Waals surface area contributed by atoms with Crippen LogP contribution in [0.5, 0.6) is 5.75 Å². The van der Waals surface area contributed by atoms with E-state index in [1.165, 1.54) is 0 Å². The van der Waals surface area contributed by atoms with E-state index < -0.39 is 0 Å². The Morgan fingerprint density at radius 3 is 2.59 bits per heavy atom. The van der Waals surface area contributed by atoms with E-state index >= 15 is 0 Å². The standard InChI is InChI=1S/C22H19BrN4O2/c1-29-16-11-7-14(8-12-16)21-25-22-24-17-3-2-4-18(28)19(17)20(27(22)26-21)13-5-9-15(23)10-6-13/h5-12,20H,2-4H2,1H3,(H,24,25,26). The molecular formula is C22H19BrN4O2. The first-order chi connectivity index (χ1) is 14.1. The van der Waals surface area contributed by atoms with Crippen molar-refractivity contribution in [1.29, 1.82) is 0 Å². The summed E-state index contributed by atoms with van der Waals surface area (Å²) in [6.07, 6.45) is 2.28. The summed E-state index contributed by atoms with van der Waals surface area (Å²) in [6.45, 7) is 0. The summed E-state index contributed by atoms with van der Waals surface area (Å²) in [5.74, 6) is 2.24. The minimum absolute atomic E-state index is 0.179. The summed E-state index contributed by atoms with van der Waals surface area (Å²) >= 11 is 3.49. The van der Waals surface area contributed by atoms with Gasteiger partial charge in [0, 0.05) is 27.7 Å². The number of aromatic nitrogens is 3. The van der Waals surface area contributed by atoms with Crippen molar-refractivity contribution in [2.45, 2.75) is 25.3 Å². The van der Waals surface area contributed by atoms with Crippen molar-refractivity contribution in [2.75, 3.05) is 12.4 Å². The number of Topliss-reactive ketones (excluding diaryl/α,β-unsaturated/α-hetero) is 1. The third-order valence-corrected chi connectivity index (χ3v) is 5.93.